The highest BCUT2D eigenvalue weighted by molar-refractivity contribution is 7.87. The highest BCUT2D eigenvalue weighted by Gasteiger charge is 2.18. The lowest BCUT2D eigenvalue weighted by molar-refractivity contribution is 0.212. The Hall–Kier alpha value is -3.34. The van der Waals surface area contributed by atoms with E-state index in [0.29, 0.717) is 23.5 Å². The molecule has 134 valence electrons. The molecule has 3 rings (SSSR count). The van der Waals surface area contributed by atoms with Gasteiger partial charge in [0.2, 0.25) is 0 Å². The molecule has 0 unspecified atom stereocenters. The number of pyridine rings is 1. The zero-order valence-corrected chi connectivity index (χ0v) is 13.9. The first-order valence-corrected chi connectivity index (χ1v) is 8.59. The number of primary amides is 1. The molecule has 0 fully saturated rings. The second-order valence-corrected chi connectivity index (χ2v) is 6.70. The standard InChI is InChI=1S/C15H12FN5O4S/c16-11-3-4-12(18-7-11)8-21-9-14(19-20-21)10-1-5-13(6-2-10)26(23,24)25-15(17)22/h1-7,9H,8H2,(H2,17,22). The van der Waals surface area contributed by atoms with E-state index in [1.165, 1.54) is 41.1 Å². The summed E-state index contributed by atoms with van der Waals surface area (Å²) in [6, 6.07) is 8.33. The summed E-state index contributed by atoms with van der Waals surface area (Å²) in [4.78, 5) is 14.3. The van der Waals surface area contributed by atoms with E-state index in [-0.39, 0.29) is 4.90 Å². The maximum Gasteiger partial charge on any atom is 0.420 e. The number of rotatable bonds is 5. The van der Waals surface area contributed by atoms with E-state index in [1.807, 2.05) is 0 Å². The second kappa shape index (κ2) is 6.88. The minimum atomic E-state index is -4.25. The molecular weight excluding hydrogens is 365 g/mol. The van der Waals surface area contributed by atoms with E-state index in [0.717, 1.165) is 6.20 Å². The Labute approximate surface area is 147 Å². The smallest absolute Gasteiger partial charge is 0.334 e. The summed E-state index contributed by atoms with van der Waals surface area (Å²) in [5, 5.41) is 7.95. The fourth-order valence-electron chi connectivity index (χ4n) is 2.12. The van der Waals surface area contributed by atoms with Crippen LogP contribution in [0, 0.1) is 5.82 Å². The van der Waals surface area contributed by atoms with Crippen LogP contribution in [-0.2, 0) is 20.8 Å². The van der Waals surface area contributed by atoms with E-state index < -0.39 is 22.0 Å². The topological polar surface area (TPSA) is 130 Å². The van der Waals surface area contributed by atoms with Crippen LogP contribution in [0.1, 0.15) is 5.69 Å². The van der Waals surface area contributed by atoms with Gasteiger partial charge in [0.1, 0.15) is 16.4 Å². The minimum Gasteiger partial charge on any atom is -0.334 e. The van der Waals surface area contributed by atoms with Crippen LogP contribution in [0.2, 0.25) is 0 Å². The second-order valence-electron chi connectivity index (χ2n) is 5.15. The van der Waals surface area contributed by atoms with Gasteiger partial charge in [-0.05, 0) is 24.3 Å². The van der Waals surface area contributed by atoms with E-state index in [9.17, 15) is 17.6 Å². The molecule has 0 atom stereocenters. The maximum absolute atomic E-state index is 12.9. The molecule has 0 aliphatic rings. The molecule has 2 N–H and O–H groups in total. The maximum atomic E-state index is 12.9. The van der Waals surface area contributed by atoms with Crippen LogP contribution in [-0.4, -0.2) is 34.5 Å². The molecule has 0 spiro atoms. The SMILES string of the molecule is NC(=O)OS(=O)(=O)c1ccc(-c2cn(Cc3ccc(F)cn3)nn2)cc1. The Morgan fingerprint density at radius 1 is 1.19 bits per heavy atom. The van der Waals surface area contributed by atoms with Gasteiger partial charge in [-0.1, -0.05) is 17.3 Å². The molecule has 0 aliphatic heterocycles. The molecule has 3 aromatic rings. The molecule has 0 aliphatic carbocycles. The summed E-state index contributed by atoms with van der Waals surface area (Å²) in [5.74, 6) is -0.427. The van der Waals surface area contributed by atoms with Crippen molar-refractivity contribution in [3.05, 3.63) is 60.3 Å². The molecule has 0 radical (unpaired) electrons. The monoisotopic (exact) mass is 377 g/mol. The van der Waals surface area contributed by atoms with E-state index in [2.05, 4.69) is 19.5 Å². The lowest BCUT2D eigenvalue weighted by Gasteiger charge is -2.03. The third-order valence-corrected chi connectivity index (χ3v) is 4.52. The van der Waals surface area contributed by atoms with Crippen LogP contribution in [0.25, 0.3) is 11.3 Å². The Bertz CT molecular complexity index is 1030. The zero-order valence-electron chi connectivity index (χ0n) is 13.1. The summed E-state index contributed by atoms with van der Waals surface area (Å²) in [5.41, 5.74) is 6.42. The van der Waals surface area contributed by atoms with Crippen LogP contribution in [0.5, 0.6) is 0 Å². The number of nitrogens with two attached hydrogens (primary N) is 1. The quantitative estimate of drug-likeness (QED) is 0.663. The molecular formula is C15H12FN5O4S. The Balaban J connectivity index is 1.77. The first-order valence-electron chi connectivity index (χ1n) is 7.18. The molecule has 26 heavy (non-hydrogen) atoms. The Kier molecular flexibility index (Phi) is 4.63. The van der Waals surface area contributed by atoms with Crippen LogP contribution in [0.4, 0.5) is 9.18 Å². The van der Waals surface area contributed by atoms with Gasteiger partial charge in [-0.25, -0.2) is 13.9 Å². The number of carbonyl (C=O) groups is 1. The number of carbonyl (C=O) groups excluding carboxylic acids is 1. The van der Waals surface area contributed by atoms with Crippen molar-refractivity contribution in [3.63, 3.8) is 0 Å². The van der Waals surface area contributed by atoms with Crippen molar-refractivity contribution in [2.75, 3.05) is 0 Å². The van der Waals surface area contributed by atoms with Crippen molar-refractivity contribution in [3.8, 4) is 11.3 Å². The van der Waals surface area contributed by atoms with E-state index in [1.54, 1.807) is 6.20 Å². The summed E-state index contributed by atoms with van der Waals surface area (Å²) in [7, 11) is -4.25. The van der Waals surface area contributed by atoms with E-state index in [4.69, 9.17) is 5.73 Å². The molecule has 11 heteroatoms. The van der Waals surface area contributed by atoms with Crippen molar-refractivity contribution < 1.29 is 21.8 Å². The van der Waals surface area contributed by atoms with Crippen LogP contribution < -0.4 is 5.73 Å². The average Bonchev–Trinajstić information content (AvgIpc) is 3.04. The van der Waals surface area contributed by atoms with Crippen molar-refractivity contribution >= 4 is 16.2 Å². The Morgan fingerprint density at radius 2 is 1.92 bits per heavy atom. The number of aromatic nitrogens is 4. The molecule has 2 aromatic heterocycles. The van der Waals surface area contributed by atoms with Gasteiger partial charge in [0, 0.05) is 5.56 Å². The first kappa shape index (κ1) is 17.5. The first-order chi connectivity index (χ1) is 12.3. The normalized spacial score (nSPS) is 11.3. The van der Waals surface area contributed by atoms with Gasteiger partial charge in [0.25, 0.3) is 0 Å². The van der Waals surface area contributed by atoms with Gasteiger partial charge < -0.3 is 9.92 Å². The van der Waals surface area contributed by atoms with Gasteiger partial charge in [-0.15, -0.1) is 5.10 Å². The molecule has 2 heterocycles. The fraction of sp³-hybridized carbons (Fsp3) is 0.0667. The summed E-state index contributed by atoms with van der Waals surface area (Å²) in [6.07, 6.45) is 1.33. The predicted molar refractivity (Wildman–Crippen MR) is 86.6 cm³/mol. The van der Waals surface area contributed by atoms with Gasteiger partial charge >= 0.3 is 16.2 Å². The van der Waals surface area contributed by atoms with Crippen molar-refractivity contribution in [2.24, 2.45) is 5.73 Å². The molecule has 0 saturated heterocycles. The van der Waals surface area contributed by atoms with Crippen molar-refractivity contribution in [2.45, 2.75) is 11.4 Å². The zero-order chi connectivity index (χ0) is 18.7. The Morgan fingerprint density at radius 3 is 2.54 bits per heavy atom. The average molecular weight is 377 g/mol. The molecule has 1 aromatic carbocycles. The lowest BCUT2D eigenvalue weighted by Crippen LogP contribution is -2.18. The third-order valence-electron chi connectivity index (χ3n) is 3.28. The molecule has 0 saturated carbocycles. The highest BCUT2D eigenvalue weighted by Crippen LogP contribution is 2.20. The van der Waals surface area contributed by atoms with Crippen LogP contribution in [0.15, 0.2) is 53.7 Å². The van der Waals surface area contributed by atoms with E-state index >= 15 is 0 Å². The fourth-order valence-corrected chi connectivity index (χ4v) is 2.90. The van der Waals surface area contributed by atoms with Gasteiger partial charge in [-0.3, -0.25) is 4.98 Å². The van der Waals surface area contributed by atoms with Gasteiger partial charge in [0.05, 0.1) is 24.6 Å². The summed E-state index contributed by atoms with van der Waals surface area (Å²) < 4.78 is 41.9. The van der Waals surface area contributed by atoms with Gasteiger partial charge in [-0.2, -0.15) is 8.42 Å². The number of hydrogen-bond donors (Lipinski definition) is 1. The molecule has 1 amide bonds. The number of benzene rings is 1. The summed E-state index contributed by atoms with van der Waals surface area (Å²) >= 11 is 0. The van der Waals surface area contributed by atoms with Crippen molar-refractivity contribution in [1.82, 2.24) is 20.0 Å². The third kappa shape index (κ3) is 4.00. The number of hydrogen-bond acceptors (Lipinski definition) is 7. The largest absolute Gasteiger partial charge is 0.420 e. The number of halogens is 1. The van der Waals surface area contributed by atoms with Crippen molar-refractivity contribution in [1.29, 1.82) is 0 Å². The van der Waals surface area contributed by atoms with Crippen LogP contribution in [0.3, 0.4) is 0 Å². The summed E-state index contributed by atoms with van der Waals surface area (Å²) in [6.45, 7) is 0.298. The highest BCUT2D eigenvalue weighted by atomic mass is 32.2. The number of amides is 1. The van der Waals surface area contributed by atoms with Gasteiger partial charge in [0.15, 0.2) is 0 Å². The lowest BCUT2D eigenvalue weighted by atomic mass is 10.2. The minimum absolute atomic E-state index is 0.219. The van der Waals surface area contributed by atoms with Crippen LogP contribution >= 0.6 is 0 Å². The molecule has 9 nitrogen and oxygen atoms in total. The predicted octanol–water partition coefficient (Wildman–Crippen LogP) is 1.31. The number of nitrogens with zero attached hydrogens (tertiary/aromatic N) is 4. The molecule has 0 bridgehead atoms.